The van der Waals surface area contributed by atoms with Crippen LogP contribution in [0.2, 0.25) is 5.02 Å². The topological polar surface area (TPSA) is 59.1 Å². The number of ether oxygens (including phenoxy) is 2. The largest absolute Gasteiger partial charge is 0.495 e. The lowest BCUT2D eigenvalue weighted by Crippen LogP contribution is -2.47. The Morgan fingerprint density at radius 1 is 0.969 bits per heavy atom. The first-order valence-corrected chi connectivity index (χ1v) is 11.0. The number of methoxy groups -OCH3 is 1. The van der Waals surface area contributed by atoms with Crippen molar-refractivity contribution in [2.45, 2.75) is 39.9 Å². The summed E-state index contributed by atoms with van der Waals surface area (Å²) in [5, 5.41) is 0.334. The minimum absolute atomic E-state index is 0.0559. The molecule has 0 N–H and O–H groups in total. The highest BCUT2D eigenvalue weighted by molar-refractivity contribution is 6.45. The normalized spacial score (nSPS) is 21.6. The highest BCUT2D eigenvalue weighted by Gasteiger charge is 2.44. The molecule has 6 nitrogen and oxygen atoms in total. The van der Waals surface area contributed by atoms with Crippen molar-refractivity contribution in [3.05, 3.63) is 63.8 Å². The molecule has 7 heteroatoms. The molecule has 2 aliphatic rings. The average molecular weight is 455 g/mol. The summed E-state index contributed by atoms with van der Waals surface area (Å²) in [5.74, 6) is -0.236. The first kappa shape index (κ1) is 22.4. The number of amides is 2. The first-order chi connectivity index (χ1) is 15.2. The zero-order valence-electron chi connectivity index (χ0n) is 18.9. The maximum Gasteiger partial charge on any atom is 0.282 e. The Morgan fingerprint density at radius 3 is 2.25 bits per heavy atom. The number of nitrogens with zero attached hydrogens (tertiary/aromatic N) is 2. The van der Waals surface area contributed by atoms with Crippen molar-refractivity contribution in [3.8, 4) is 5.75 Å². The zero-order chi connectivity index (χ0) is 23.2. The third-order valence-corrected chi connectivity index (χ3v) is 6.28. The highest BCUT2D eigenvalue weighted by atomic mass is 35.5. The fourth-order valence-corrected chi connectivity index (χ4v) is 4.61. The number of morpholine rings is 1. The Balaban J connectivity index is 1.84. The summed E-state index contributed by atoms with van der Waals surface area (Å²) in [6.07, 6.45) is -0.112. The molecule has 0 bridgehead atoms. The number of imide groups is 1. The molecule has 4 rings (SSSR count). The number of carbonyl (C=O) groups excluding carboxylic acids is 2. The number of halogens is 1. The Morgan fingerprint density at radius 2 is 1.66 bits per heavy atom. The van der Waals surface area contributed by atoms with E-state index in [0.29, 0.717) is 40.8 Å². The lowest BCUT2D eigenvalue weighted by atomic mass is 9.99. The quantitative estimate of drug-likeness (QED) is 0.642. The number of rotatable bonds is 4. The molecule has 2 aromatic carbocycles. The molecule has 168 valence electrons. The summed E-state index contributed by atoms with van der Waals surface area (Å²) in [5.41, 5.74) is 4.15. The van der Waals surface area contributed by atoms with Gasteiger partial charge in [-0.3, -0.25) is 9.59 Å². The van der Waals surface area contributed by atoms with Gasteiger partial charge in [-0.25, -0.2) is 4.90 Å². The standard InChI is InChI=1S/C25H27ClN2O4/c1-14-6-7-18(10-15(14)2)22-23(27-12-16(3)32-17(4)13-27)25(30)28(24(22)29)19-8-9-21(31-5)20(26)11-19/h6-11,16-17H,12-13H2,1-5H3. The molecular formula is C25H27ClN2O4. The molecule has 2 heterocycles. The molecule has 0 spiro atoms. The minimum atomic E-state index is -0.360. The monoisotopic (exact) mass is 454 g/mol. The van der Waals surface area contributed by atoms with Crippen molar-refractivity contribution in [3.63, 3.8) is 0 Å². The van der Waals surface area contributed by atoms with Crippen LogP contribution in [-0.4, -0.2) is 49.1 Å². The van der Waals surface area contributed by atoms with Gasteiger partial charge in [-0.05, 0) is 62.6 Å². The van der Waals surface area contributed by atoms with Crippen LogP contribution in [0.5, 0.6) is 5.75 Å². The van der Waals surface area contributed by atoms with Crippen LogP contribution in [0.15, 0.2) is 42.1 Å². The number of hydrogen-bond donors (Lipinski definition) is 0. The predicted molar refractivity (Wildman–Crippen MR) is 125 cm³/mol. The number of benzene rings is 2. The van der Waals surface area contributed by atoms with E-state index in [2.05, 4.69) is 0 Å². The summed E-state index contributed by atoms with van der Waals surface area (Å²) < 4.78 is 11.1. The molecule has 1 fully saturated rings. The van der Waals surface area contributed by atoms with Gasteiger partial charge in [-0.15, -0.1) is 0 Å². The molecule has 0 aromatic heterocycles. The van der Waals surface area contributed by atoms with E-state index in [1.54, 1.807) is 18.2 Å². The van der Waals surface area contributed by atoms with E-state index >= 15 is 0 Å². The van der Waals surface area contributed by atoms with Crippen LogP contribution >= 0.6 is 11.6 Å². The predicted octanol–water partition coefficient (Wildman–Crippen LogP) is 4.36. The van der Waals surface area contributed by atoms with E-state index in [1.807, 2.05) is 50.8 Å². The Bertz CT molecular complexity index is 1120. The van der Waals surface area contributed by atoms with Gasteiger partial charge in [0, 0.05) is 13.1 Å². The van der Waals surface area contributed by atoms with E-state index in [-0.39, 0.29) is 24.0 Å². The minimum Gasteiger partial charge on any atom is -0.495 e. The van der Waals surface area contributed by atoms with E-state index in [0.717, 1.165) is 16.7 Å². The van der Waals surface area contributed by atoms with Gasteiger partial charge >= 0.3 is 0 Å². The second-order valence-corrected chi connectivity index (χ2v) is 8.86. The van der Waals surface area contributed by atoms with E-state index in [1.165, 1.54) is 12.0 Å². The van der Waals surface area contributed by atoms with Crippen LogP contribution in [0, 0.1) is 13.8 Å². The molecule has 32 heavy (non-hydrogen) atoms. The lowest BCUT2D eigenvalue weighted by Gasteiger charge is -2.37. The summed E-state index contributed by atoms with van der Waals surface area (Å²) in [6.45, 7) is 9.03. The van der Waals surface area contributed by atoms with Gasteiger partial charge in [0.1, 0.15) is 11.4 Å². The molecule has 2 atom stereocenters. The fourth-order valence-electron chi connectivity index (χ4n) is 4.36. The molecular weight excluding hydrogens is 428 g/mol. The molecule has 2 unspecified atom stereocenters. The van der Waals surface area contributed by atoms with E-state index in [9.17, 15) is 9.59 Å². The number of anilines is 1. The van der Waals surface area contributed by atoms with Gasteiger partial charge in [0.05, 0.1) is 35.6 Å². The Hall–Kier alpha value is -2.83. The Kier molecular flexibility index (Phi) is 6.01. The maximum atomic E-state index is 13.7. The van der Waals surface area contributed by atoms with Gasteiger partial charge in [0.15, 0.2) is 0 Å². The van der Waals surface area contributed by atoms with Crippen LogP contribution in [0.3, 0.4) is 0 Å². The van der Waals surface area contributed by atoms with E-state index < -0.39 is 0 Å². The van der Waals surface area contributed by atoms with Crippen LogP contribution in [0.1, 0.15) is 30.5 Å². The van der Waals surface area contributed by atoms with Crippen molar-refractivity contribution < 1.29 is 19.1 Å². The van der Waals surface area contributed by atoms with Crippen molar-refractivity contribution >= 4 is 34.7 Å². The maximum absolute atomic E-state index is 13.7. The number of aryl methyl sites for hydroxylation is 2. The first-order valence-electron chi connectivity index (χ1n) is 10.7. The summed E-state index contributed by atoms with van der Waals surface area (Å²) in [4.78, 5) is 30.6. The summed E-state index contributed by atoms with van der Waals surface area (Å²) in [7, 11) is 1.52. The van der Waals surface area contributed by atoms with Gasteiger partial charge in [0.2, 0.25) is 0 Å². The van der Waals surface area contributed by atoms with Crippen molar-refractivity contribution in [2.24, 2.45) is 0 Å². The van der Waals surface area contributed by atoms with Crippen LogP contribution in [-0.2, 0) is 14.3 Å². The van der Waals surface area contributed by atoms with Crippen LogP contribution in [0.25, 0.3) is 5.57 Å². The van der Waals surface area contributed by atoms with Gasteiger partial charge < -0.3 is 14.4 Å². The molecule has 0 saturated carbocycles. The summed E-state index contributed by atoms with van der Waals surface area (Å²) >= 11 is 6.30. The fraction of sp³-hybridized carbons (Fsp3) is 0.360. The third-order valence-electron chi connectivity index (χ3n) is 5.98. The van der Waals surface area contributed by atoms with Crippen molar-refractivity contribution in [1.82, 2.24) is 4.90 Å². The molecule has 2 amide bonds. The van der Waals surface area contributed by atoms with Gasteiger partial charge in [-0.1, -0.05) is 29.8 Å². The van der Waals surface area contributed by atoms with Gasteiger partial charge in [0.25, 0.3) is 11.8 Å². The van der Waals surface area contributed by atoms with Gasteiger partial charge in [-0.2, -0.15) is 0 Å². The van der Waals surface area contributed by atoms with Crippen LogP contribution in [0.4, 0.5) is 5.69 Å². The number of hydrogen-bond acceptors (Lipinski definition) is 5. The highest BCUT2D eigenvalue weighted by Crippen LogP contribution is 2.38. The molecule has 0 radical (unpaired) electrons. The summed E-state index contributed by atoms with van der Waals surface area (Å²) in [6, 6.07) is 10.8. The average Bonchev–Trinajstić information content (AvgIpc) is 2.99. The van der Waals surface area contributed by atoms with Crippen LogP contribution < -0.4 is 9.64 Å². The molecule has 2 aromatic rings. The molecule has 1 saturated heterocycles. The smallest absolute Gasteiger partial charge is 0.282 e. The SMILES string of the molecule is COc1ccc(N2C(=O)C(c3ccc(C)c(C)c3)=C(N3CC(C)OC(C)C3)C2=O)cc1Cl. The lowest BCUT2D eigenvalue weighted by molar-refractivity contribution is -0.121. The third kappa shape index (κ3) is 3.89. The van der Waals surface area contributed by atoms with Crippen molar-refractivity contribution in [1.29, 1.82) is 0 Å². The Labute approximate surface area is 193 Å². The zero-order valence-corrected chi connectivity index (χ0v) is 19.7. The second-order valence-electron chi connectivity index (χ2n) is 8.45. The molecule has 2 aliphatic heterocycles. The number of carbonyl (C=O) groups is 2. The second kappa shape index (κ2) is 8.60. The molecule has 0 aliphatic carbocycles. The van der Waals surface area contributed by atoms with Crippen molar-refractivity contribution in [2.75, 3.05) is 25.1 Å². The van der Waals surface area contributed by atoms with E-state index in [4.69, 9.17) is 21.1 Å².